The van der Waals surface area contributed by atoms with Crippen molar-refractivity contribution in [2.75, 3.05) is 0 Å². The molecule has 2 bridgehead atoms. The van der Waals surface area contributed by atoms with Crippen LogP contribution in [0.3, 0.4) is 0 Å². The molecule has 5 fully saturated rings. The van der Waals surface area contributed by atoms with Crippen LogP contribution in [0.2, 0.25) is 0 Å². The molecule has 4 saturated heterocycles. The van der Waals surface area contributed by atoms with E-state index in [0.29, 0.717) is 23.7 Å². The quantitative estimate of drug-likeness (QED) is 0.639. The van der Waals surface area contributed by atoms with E-state index in [2.05, 4.69) is 20.8 Å². The third-order valence-electron chi connectivity index (χ3n) is 6.49. The van der Waals surface area contributed by atoms with Crippen molar-refractivity contribution in [1.29, 1.82) is 0 Å². The largest absolute Gasteiger partial charge is 0.346 e. The molecule has 4 heteroatoms. The molecule has 0 amide bonds. The molecular formula is C16H26O4. The summed E-state index contributed by atoms with van der Waals surface area (Å²) in [5.74, 6) is 1.44. The number of hydrogen-bond acceptors (Lipinski definition) is 4. The molecule has 0 N–H and O–H groups in total. The van der Waals surface area contributed by atoms with Gasteiger partial charge in [0.15, 0.2) is 11.9 Å². The Morgan fingerprint density at radius 2 is 1.75 bits per heavy atom. The Hall–Kier alpha value is -0.160. The Morgan fingerprint density at radius 1 is 0.950 bits per heavy atom. The number of ether oxygens (including phenoxy) is 2. The van der Waals surface area contributed by atoms with Gasteiger partial charge in [0.2, 0.25) is 5.79 Å². The summed E-state index contributed by atoms with van der Waals surface area (Å²) < 4.78 is 12.5. The molecule has 114 valence electrons. The van der Waals surface area contributed by atoms with Crippen molar-refractivity contribution in [3.05, 3.63) is 0 Å². The van der Waals surface area contributed by atoms with Crippen LogP contribution in [0, 0.1) is 23.7 Å². The van der Waals surface area contributed by atoms with E-state index in [1.165, 1.54) is 12.8 Å². The maximum absolute atomic E-state index is 6.23. The standard InChI is InChI=1S/C16H26O4/c1-9-5-6-13-10(2)11(3)17-14-16(13)12(9)7-8-15(4,18-14)19-20-16/h9-14H,5-8H2,1-4H3/t9-,10+,11-,12+,13+,14-,15+,16-/m1/s1. The fraction of sp³-hybridized carbons (Fsp3) is 1.00. The second-order valence-electron chi connectivity index (χ2n) is 7.61. The lowest BCUT2D eigenvalue weighted by Gasteiger charge is -2.60. The first-order chi connectivity index (χ1) is 9.46. The predicted octanol–water partition coefficient (Wildman–Crippen LogP) is 3.26. The highest BCUT2D eigenvalue weighted by Gasteiger charge is 2.68. The third kappa shape index (κ3) is 1.57. The normalized spacial score (nSPS) is 61.8. The summed E-state index contributed by atoms with van der Waals surface area (Å²) in [4.78, 5) is 11.8. The lowest BCUT2D eigenvalue weighted by atomic mass is 9.57. The van der Waals surface area contributed by atoms with Crippen molar-refractivity contribution in [3.63, 3.8) is 0 Å². The van der Waals surface area contributed by atoms with E-state index in [1.54, 1.807) is 0 Å². The molecule has 1 spiro atoms. The first-order valence-corrected chi connectivity index (χ1v) is 8.16. The van der Waals surface area contributed by atoms with E-state index in [9.17, 15) is 0 Å². The summed E-state index contributed by atoms with van der Waals surface area (Å²) in [6.45, 7) is 8.77. The third-order valence-corrected chi connectivity index (χ3v) is 6.49. The molecule has 5 aliphatic rings. The Morgan fingerprint density at radius 3 is 2.55 bits per heavy atom. The molecule has 1 saturated carbocycles. The molecule has 4 aliphatic heterocycles. The Balaban J connectivity index is 1.82. The van der Waals surface area contributed by atoms with Gasteiger partial charge < -0.3 is 9.47 Å². The van der Waals surface area contributed by atoms with Gasteiger partial charge in [0.1, 0.15) is 0 Å². The number of rotatable bonds is 0. The molecule has 8 atom stereocenters. The summed E-state index contributed by atoms with van der Waals surface area (Å²) in [6, 6.07) is 0. The Kier molecular flexibility index (Phi) is 2.83. The first-order valence-electron chi connectivity index (χ1n) is 8.16. The summed E-state index contributed by atoms with van der Waals surface area (Å²) >= 11 is 0. The van der Waals surface area contributed by atoms with Crippen molar-refractivity contribution >= 4 is 0 Å². The van der Waals surface area contributed by atoms with Crippen molar-refractivity contribution < 1.29 is 19.2 Å². The number of hydrogen-bond donors (Lipinski definition) is 0. The van der Waals surface area contributed by atoms with Crippen LogP contribution in [-0.4, -0.2) is 23.8 Å². The second-order valence-corrected chi connectivity index (χ2v) is 7.61. The van der Waals surface area contributed by atoms with Crippen LogP contribution in [0.15, 0.2) is 0 Å². The molecule has 1 aliphatic carbocycles. The lowest BCUT2D eigenvalue weighted by molar-refractivity contribution is -0.570. The maximum Gasteiger partial charge on any atom is 0.201 e. The highest BCUT2D eigenvalue weighted by atomic mass is 17.3. The van der Waals surface area contributed by atoms with Crippen molar-refractivity contribution in [2.24, 2.45) is 23.7 Å². The van der Waals surface area contributed by atoms with E-state index in [4.69, 9.17) is 19.2 Å². The fourth-order valence-electron chi connectivity index (χ4n) is 5.08. The van der Waals surface area contributed by atoms with E-state index < -0.39 is 5.79 Å². The van der Waals surface area contributed by atoms with Crippen molar-refractivity contribution in [1.82, 2.24) is 0 Å². The number of fused-ring (bicyclic) bond motifs is 2. The average Bonchev–Trinajstić information content (AvgIpc) is 2.63. The molecule has 4 nitrogen and oxygen atoms in total. The minimum Gasteiger partial charge on any atom is -0.346 e. The van der Waals surface area contributed by atoms with Crippen molar-refractivity contribution in [3.8, 4) is 0 Å². The van der Waals surface area contributed by atoms with Gasteiger partial charge in [-0.05, 0) is 50.9 Å². The molecule has 0 radical (unpaired) electrons. The summed E-state index contributed by atoms with van der Waals surface area (Å²) in [5, 5.41) is 0. The van der Waals surface area contributed by atoms with E-state index in [-0.39, 0.29) is 18.0 Å². The van der Waals surface area contributed by atoms with Crippen LogP contribution in [0.4, 0.5) is 0 Å². The Labute approximate surface area is 121 Å². The summed E-state index contributed by atoms with van der Waals surface area (Å²) in [7, 11) is 0. The van der Waals surface area contributed by atoms with Crippen LogP contribution in [0.5, 0.6) is 0 Å². The summed E-state index contributed by atoms with van der Waals surface area (Å²) in [5.41, 5.74) is -0.389. The zero-order valence-corrected chi connectivity index (χ0v) is 12.9. The lowest BCUT2D eigenvalue weighted by Crippen LogP contribution is -2.70. The molecule has 0 aromatic heterocycles. The molecule has 0 unspecified atom stereocenters. The van der Waals surface area contributed by atoms with Gasteiger partial charge in [-0.25, -0.2) is 9.78 Å². The van der Waals surface area contributed by atoms with E-state index in [0.717, 1.165) is 12.8 Å². The van der Waals surface area contributed by atoms with Gasteiger partial charge in [-0.2, -0.15) is 0 Å². The van der Waals surface area contributed by atoms with E-state index in [1.807, 2.05) is 6.92 Å². The molecule has 4 heterocycles. The van der Waals surface area contributed by atoms with Gasteiger partial charge in [-0.1, -0.05) is 13.8 Å². The minimum absolute atomic E-state index is 0.219. The second kappa shape index (κ2) is 4.19. The average molecular weight is 282 g/mol. The van der Waals surface area contributed by atoms with Gasteiger partial charge in [0, 0.05) is 12.3 Å². The summed E-state index contributed by atoms with van der Waals surface area (Å²) in [6.07, 6.45) is 4.41. The van der Waals surface area contributed by atoms with Gasteiger partial charge >= 0.3 is 0 Å². The smallest absolute Gasteiger partial charge is 0.201 e. The van der Waals surface area contributed by atoms with Gasteiger partial charge in [-0.3, -0.25) is 0 Å². The molecule has 20 heavy (non-hydrogen) atoms. The first kappa shape index (κ1) is 13.5. The highest BCUT2D eigenvalue weighted by Crippen LogP contribution is 2.60. The molecule has 0 aromatic rings. The highest BCUT2D eigenvalue weighted by molar-refractivity contribution is 5.09. The van der Waals surface area contributed by atoms with Crippen LogP contribution in [0.25, 0.3) is 0 Å². The monoisotopic (exact) mass is 282 g/mol. The SMILES string of the molecule is C[C@H]1[C@@H](C)O[C@@H]2O[C@]3(C)CC[C@H]4[C@H](C)CC[C@@H]1[C@@]24OO3. The molecule has 0 aromatic carbocycles. The van der Waals surface area contributed by atoms with Crippen LogP contribution in [-0.2, 0) is 19.2 Å². The van der Waals surface area contributed by atoms with E-state index >= 15 is 0 Å². The Bertz CT molecular complexity index is 409. The minimum atomic E-state index is -0.641. The van der Waals surface area contributed by atoms with Gasteiger partial charge in [0.25, 0.3) is 0 Å². The van der Waals surface area contributed by atoms with Gasteiger partial charge in [0.05, 0.1) is 6.10 Å². The molecular weight excluding hydrogens is 256 g/mol. The zero-order chi connectivity index (χ0) is 14.1. The van der Waals surface area contributed by atoms with Crippen molar-refractivity contribution in [2.45, 2.75) is 77.2 Å². The van der Waals surface area contributed by atoms with Crippen LogP contribution < -0.4 is 0 Å². The predicted molar refractivity (Wildman–Crippen MR) is 72.5 cm³/mol. The zero-order valence-electron chi connectivity index (χ0n) is 12.9. The van der Waals surface area contributed by atoms with Crippen LogP contribution in [0.1, 0.15) is 53.4 Å². The van der Waals surface area contributed by atoms with Crippen LogP contribution >= 0.6 is 0 Å². The topological polar surface area (TPSA) is 36.9 Å². The maximum atomic E-state index is 6.23. The fourth-order valence-corrected chi connectivity index (χ4v) is 5.08. The van der Waals surface area contributed by atoms with Gasteiger partial charge in [-0.15, -0.1) is 0 Å². The molecule has 5 rings (SSSR count).